The minimum atomic E-state index is -4.45. The zero-order valence-corrected chi connectivity index (χ0v) is 12.0. The molecule has 0 spiro atoms. The fraction of sp³-hybridized carbons (Fsp3) is 0.214. The molecule has 1 unspecified atom stereocenters. The van der Waals surface area contributed by atoms with Gasteiger partial charge in [-0.15, -0.1) is 0 Å². The second-order valence-corrected chi connectivity index (χ2v) is 6.14. The molecule has 1 aromatic carbocycles. The highest BCUT2D eigenvalue weighted by molar-refractivity contribution is 7.49. The molecule has 1 atom stereocenters. The van der Waals surface area contributed by atoms with Crippen molar-refractivity contribution in [3.05, 3.63) is 53.8 Å². The van der Waals surface area contributed by atoms with Gasteiger partial charge in [0, 0.05) is 17.7 Å². The summed E-state index contributed by atoms with van der Waals surface area (Å²) in [6, 6.07) is 6.80. The average Bonchev–Trinajstić information content (AvgIpc) is 2.36. The Morgan fingerprint density at radius 2 is 2.05 bits per heavy atom. The van der Waals surface area contributed by atoms with E-state index >= 15 is 0 Å². The summed E-state index contributed by atoms with van der Waals surface area (Å²) in [4.78, 5) is 29.3. The van der Waals surface area contributed by atoms with Crippen molar-refractivity contribution in [2.24, 2.45) is 5.92 Å². The number of phenolic OH excluding ortho intramolecular Hbond substituents is 1. The van der Waals surface area contributed by atoms with Crippen LogP contribution in [0.2, 0.25) is 0 Å². The largest absolute Gasteiger partial charge is 0.508 e. The Labute approximate surface area is 122 Å². The van der Waals surface area contributed by atoms with Crippen molar-refractivity contribution in [1.29, 1.82) is 0 Å². The summed E-state index contributed by atoms with van der Waals surface area (Å²) in [6.45, 7) is 0. The summed E-state index contributed by atoms with van der Waals surface area (Å²) in [5.41, 5.74) is 1.13. The van der Waals surface area contributed by atoms with Gasteiger partial charge in [-0.25, -0.2) is 4.57 Å². The fourth-order valence-corrected chi connectivity index (χ4v) is 2.76. The predicted octanol–water partition coefficient (Wildman–Crippen LogP) is 1.65. The van der Waals surface area contributed by atoms with Gasteiger partial charge in [0.25, 0.3) is 0 Å². The SMILES string of the molecule is O=C1C=CC(CCc2cccc(O)c2)C(NP(=O)(O)O)=C1. The van der Waals surface area contributed by atoms with Gasteiger partial charge in [-0.3, -0.25) is 9.88 Å². The smallest absolute Gasteiger partial charge is 0.427 e. The van der Waals surface area contributed by atoms with Gasteiger partial charge in [0.05, 0.1) is 0 Å². The van der Waals surface area contributed by atoms with E-state index in [-0.39, 0.29) is 23.1 Å². The summed E-state index contributed by atoms with van der Waals surface area (Å²) in [6.07, 6.45) is 5.39. The third-order valence-corrected chi connectivity index (χ3v) is 3.67. The molecule has 0 bridgehead atoms. The van der Waals surface area contributed by atoms with Gasteiger partial charge in [0.2, 0.25) is 0 Å². The number of nitrogens with one attached hydrogen (secondary N) is 1. The molecule has 0 aliphatic heterocycles. The van der Waals surface area contributed by atoms with E-state index < -0.39 is 7.75 Å². The highest BCUT2D eigenvalue weighted by atomic mass is 31.2. The van der Waals surface area contributed by atoms with Gasteiger partial charge >= 0.3 is 7.75 Å². The number of phenols is 1. The molecule has 1 aliphatic rings. The quantitative estimate of drug-likeness (QED) is 0.616. The van der Waals surface area contributed by atoms with Crippen molar-refractivity contribution in [3.63, 3.8) is 0 Å². The summed E-state index contributed by atoms with van der Waals surface area (Å²) in [5, 5.41) is 11.5. The van der Waals surface area contributed by atoms with Gasteiger partial charge in [0.15, 0.2) is 5.78 Å². The summed E-state index contributed by atoms with van der Waals surface area (Å²) in [5.74, 6) is -0.414. The number of carbonyl (C=O) groups excluding carboxylic acids is 1. The highest BCUT2D eigenvalue weighted by Crippen LogP contribution is 2.34. The number of carbonyl (C=O) groups is 1. The summed E-state index contributed by atoms with van der Waals surface area (Å²) < 4.78 is 11.0. The van der Waals surface area contributed by atoms with Crippen LogP contribution in [0.25, 0.3) is 0 Å². The molecule has 0 saturated carbocycles. The minimum absolute atomic E-state index is 0.172. The van der Waals surface area contributed by atoms with Crippen LogP contribution < -0.4 is 5.09 Å². The Balaban J connectivity index is 2.06. The standard InChI is InChI=1S/C14H16NO5P/c16-12-3-1-2-10(8-12)4-5-11-6-7-13(17)9-14(11)15-21(18,19)20/h1-3,6-9,11,16H,4-5H2,(H3,15,18,19,20). The lowest BCUT2D eigenvalue weighted by Crippen LogP contribution is -2.21. The molecule has 0 amide bonds. The molecule has 0 fully saturated rings. The number of aryl methyl sites for hydroxylation is 1. The van der Waals surface area contributed by atoms with Crippen molar-refractivity contribution in [2.75, 3.05) is 0 Å². The molecule has 7 heteroatoms. The predicted molar refractivity (Wildman–Crippen MR) is 77.3 cm³/mol. The highest BCUT2D eigenvalue weighted by Gasteiger charge is 2.23. The lowest BCUT2D eigenvalue weighted by atomic mass is 9.92. The van der Waals surface area contributed by atoms with Crippen LogP contribution in [0.5, 0.6) is 5.75 Å². The summed E-state index contributed by atoms with van der Waals surface area (Å²) in [7, 11) is -4.45. The number of benzene rings is 1. The van der Waals surface area contributed by atoms with Crippen molar-refractivity contribution < 1.29 is 24.3 Å². The average molecular weight is 309 g/mol. The molecule has 1 aliphatic carbocycles. The number of ketones is 1. The first kappa shape index (κ1) is 15.5. The first-order chi connectivity index (χ1) is 9.83. The van der Waals surface area contributed by atoms with E-state index in [0.717, 1.165) is 5.56 Å². The first-order valence-corrected chi connectivity index (χ1v) is 8.00. The fourth-order valence-electron chi connectivity index (χ4n) is 2.19. The maximum atomic E-state index is 11.3. The topological polar surface area (TPSA) is 107 Å². The maximum Gasteiger partial charge on any atom is 0.427 e. The zero-order valence-electron chi connectivity index (χ0n) is 11.1. The molecule has 112 valence electrons. The zero-order chi connectivity index (χ0) is 15.5. The van der Waals surface area contributed by atoms with Crippen LogP contribution in [0.15, 0.2) is 48.2 Å². The van der Waals surface area contributed by atoms with Crippen LogP contribution in [0.1, 0.15) is 12.0 Å². The Bertz CT molecular complexity index is 647. The molecule has 2 rings (SSSR count). The van der Waals surface area contributed by atoms with Gasteiger partial charge < -0.3 is 14.9 Å². The van der Waals surface area contributed by atoms with E-state index in [0.29, 0.717) is 12.8 Å². The molecule has 4 N–H and O–H groups in total. The molecule has 0 saturated heterocycles. The molecule has 21 heavy (non-hydrogen) atoms. The van der Waals surface area contributed by atoms with E-state index in [9.17, 15) is 14.5 Å². The third kappa shape index (κ3) is 4.86. The minimum Gasteiger partial charge on any atom is -0.508 e. The Hall–Kier alpha value is -1.88. The van der Waals surface area contributed by atoms with Gasteiger partial charge in [-0.2, -0.15) is 0 Å². The van der Waals surface area contributed by atoms with Crippen LogP contribution in [-0.2, 0) is 15.8 Å². The van der Waals surface area contributed by atoms with Crippen LogP contribution in [0.4, 0.5) is 0 Å². The van der Waals surface area contributed by atoms with E-state index in [4.69, 9.17) is 9.79 Å². The maximum absolute atomic E-state index is 11.3. The number of allylic oxidation sites excluding steroid dienone is 3. The van der Waals surface area contributed by atoms with Crippen molar-refractivity contribution >= 4 is 13.5 Å². The van der Waals surface area contributed by atoms with Crippen LogP contribution in [0.3, 0.4) is 0 Å². The molecule has 0 aromatic heterocycles. The molecule has 1 aromatic rings. The van der Waals surface area contributed by atoms with E-state index in [1.54, 1.807) is 24.3 Å². The molecular weight excluding hydrogens is 293 g/mol. The van der Waals surface area contributed by atoms with Crippen LogP contribution >= 0.6 is 7.75 Å². The van der Waals surface area contributed by atoms with Crippen molar-refractivity contribution in [3.8, 4) is 5.75 Å². The third-order valence-electron chi connectivity index (χ3n) is 3.12. The Morgan fingerprint density at radius 3 is 2.71 bits per heavy atom. The first-order valence-electron chi connectivity index (χ1n) is 6.39. The molecule has 6 nitrogen and oxygen atoms in total. The number of hydrogen-bond acceptors (Lipinski definition) is 3. The van der Waals surface area contributed by atoms with Gasteiger partial charge in [0.1, 0.15) is 5.75 Å². The summed E-state index contributed by atoms with van der Waals surface area (Å²) >= 11 is 0. The normalized spacial score (nSPS) is 18.5. The van der Waals surface area contributed by atoms with Crippen molar-refractivity contribution in [2.45, 2.75) is 12.8 Å². The number of hydrogen-bond donors (Lipinski definition) is 4. The van der Waals surface area contributed by atoms with Crippen LogP contribution in [-0.4, -0.2) is 20.7 Å². The van der Waals surface area contributed by atoms with Gasteiger partial charge in [-0.05, 0) is 36.6 Å². The van der Waals surface area contributed by atoms with Crippen molar-refractivity contribution in [1.82, 2.24) is 5.09 Å². The van der Waals surface area contributed by atoms with E-state index in [2.05, 4.69) is 5.09 Å². The lowest BCUT2D eigenvalue weighted by molar-refractivity contribution is -0.110. The van der Waals surface area contributed by atoms with E-state index in [1.165, 1.54) is 12.2 Å². The number of rotatable bonds is 5. The monoisotopic (exact) mass is 309 g/mol. The van der Waals surface area contributed by atoms with Gasteiger partial charge in [-0.1, -0.05) is 18.2 Å². The Morgan fingerprint density at radius 1 is 1.29 bits per heavy atom. The second kappa shape index (κ2) is 6.26. The second-order valence-electron chi connectivity index (χ2n) is 4.83. The van der Waals surface area contributed by atoms with E-state index in [1.807, 2.05) is 6.07 Å². The molecule has 0 heterocycles. The molecule has 0 radical (unpaired) electrons. The Kier molecular flexibility index (Phi) is 4.63. The number of aromatic hydroxyl groups is 1. The van der Waals surface area contributed by atoms with Crippen LogP contribution in [0, 0.1) is 5.92 Å². The lowest BCUT2D eigenvalue weighted by Gasteiger charge is -2.21. The molecular formula is C14H16NO5P.